The van der Waals surface area contributed by atoms with Crippen LogP contribution in [0.4, 0.5) is 0 Å². The van der Waals surface area contributed by atoms with Gasteiger partial charge in [0.2, 0.25) is 0 Å². The van der Waals surface area contributed by atoms with Gasteiger partial charge in [-0.3, -0.25) is 9.62 Å². The van der Waals surface area contributed by atoms with E-state index in [1.165, 1.54) is 28.5 Å². The Bertz CT molecular complexity index is 614. The SMILES string of the molecule is CC1CCCN1CC(O)CNSc1cccc2ccccc12. The largest absolute Gasteiger partial charge is 0.390 e. The number of nitrogens with zero attached hydrogens (tertiary/aromatic N) is 1. The van der Waals surface area contributed by atoms with Gasteiger partial charge in [0.05, 0.1) is 6.10 Å². The molecule has 1 heterocycles. The zero-order valence-corrected chi connectivity index (χ0v) is 13.9. The summed E-state index contributed by atoms with van der Waals surface area (Å²) >= 11 is 1.61. The van der Waals surface area contributed by atoms with Gasteiger partial charge in [-0.25, -0.2) is 0 Å². The minimum Gasteiger partial charge on any atom is -0.390 e. The summed E-state index contributed by atoms with van der Waals surface area (Å²) in [4.78, 5) is 3.59. The lowest BCUT2D eigenvalue weighted by Crippen LogP contribution is -2.38. The second-order valence-electron chi connectivity index (χ2n) is 6.07. The van der Waals surface area contributed by atoms with Crippen molar-refractivity contribution in [3.8, 4) is 0 Å². The quantitative estimate of drug-likeness (QED) is 0.802. The van der Waals surface area contributed by atoms with Gasteiger partial charge in [0, 0.05) is 24.0 Å². The molecule has 0 saturated carbocycles. The van der Waals surface area contributed by atoms with E-state index in [2.05, 4.69) is 59.0 Å². The number of hydrogen-bond acceptors (Lipinski definition) is 4. The maximum atomic E-state index is 10.2. The van der Waals surface area contributed by atoms with E-state index < -0.39 is 0 Å². The van der Waals surface area contributed by atoms with Crippen LogP contribution in [0.5, 0.6) is 0 Å². The summed E-state index contributed by atoms with van der Waals surface area (Å²) < 4.78 is 3.32. The number of nitrogens with one attached hydrogen (secondary N) is 1. The summed E-state index contributed by atoms with van der Waals surface area (Å²) in [5, 5.41) is 12.7. The number of aliphatic hydroxyl groups excluding tert-OH is 1. The first kappa shape index (κ1) is 15.8. The highest BCUT2D eigenvalue weighted by atomic mass is 32.2. The molecule has 1 aliphatic heterocycles. The molecule has 2 atom stereocenters. The molecule has 2 aromatic carbocycles. The van der Waals surface area contributed by atoms with Crippen LogP contribution in [0.1, 0.15) is 19.8 Å². The van der Waals surface area contributed by atoms with Crippen LogP contribution in [-0.4, -0.2) is 41.8 Å². The van der Waals surface area contributed by atoms with Crippen LogP contribution in [0.15, 0.2) is 47.4 Å². The lowest BCUT2D eigenvalue weighted by molar-refractivity contribution is 0.113. The molecule has 2 N–H and O–H groups in total. The molecule has 0 bridgehead atoms. The van der Waals surface area contributed by atoms with Gasteiger partial charge in [0.25, 0.3) is 0 Å². The predicted octanol–water partition coefficient (Wildman–Crippen LogP) is 3.28. The van der Waals surface area contributed by atoms with Crippen molar-refractivity contribution in [3.05, 3.63) is 42.5 Å². The standard InChI is InChI=1S/C18H24N2OS/c1-14-6-5-11-20(14)13-16(21)12-19-22-18-10-4-8-15-7-2-3-9-17(15)18/h2-4,7-10,14,16,19,21H,5-6,11-13H2,1H3. The second-order valence-corrected chi connectivity index (χ2v) is 7.00. The van der Waals surface area contributed by atoms with E-state index in [0.29, 0.717) is 12.6 Å². The Balaban J connectivity index is 1.51. The van der Waals surface area contributed by atoms with Crippen LogP contribution in [0.25, 0.3) is 10.8 Å². The van der Waals surface area contributed by atoms with Gasteiger partial charge in [-0.1, -0.05) is 36.4 Å². The number of benzene rings is 2. The first-order valence-electron chi connectivity index (χ1n) is 8.03. The fraction of sp³-hybridized carbons (Fsp3) is 0.444. The Morgan fingerprint density at radius 3 is 2.91 bits per heavy atom. The van der Waals surface area contributed by atoms with Crippen LogP contribution < -0.4 is 4.72 Å². The van der Waals surface area contributed by atoms with E-state index in [0.717, 1.165) is 13.1 Å². The van der Waals surface area contributed by atoms with Gasteiger partial charge in [0.15, 0.2) is 0 Å². The van der Waals surface area contributed by atoms with Crippen LogP contribution in [-0.2, 0) is 0 Å². The summed E-state index contributed by atoms with van der Waals surface area (Å²) in [7, 11) is 0. The molecule has 0 spiro atoms. The normalized spacial score (nSPS) is 20.5. The number of hydrogen-bond donors (Lipinski definition) is 2. The smallest absolute Gasteiger partial charge is 0.0800 e. The molecular formula is C18H24N2OS. The average molecular weight is 316 g/mol. The van der Waals surface area contributed by atoms with E-state index in [9.17, 15) is 5.11 Å². The van der Waals surface area contributed by atoms with E-state index >= 15 is 0 Å². The van der Waals surface area contributed by atoms with Gasteiger partial charge in [-0.05, 0) is 55.1 Å². The lowest BCUT2D eigenvalue weighted by Gasteiger charge is -2.24. The summed E-state index contributed by atoms with van der Waals surface area (Å²) in [5.74, 6) is 0. The zero-order chi connectivity index (χ0) is 15.4. The average Bonchev–Trinajstić information content (AvgIpc) is 2.93. The van der Waals surface area contributed by atoms with Crippen molar-refractivity contribution in [3.63, 3.8) is 0 Å². The van der Waals surface area contributed by atoms with E-state index in [1.54, 1.807) is 11.9 Å². The van der Waals surface area contributed by atoms with Crippen LogP contribution >= 0.6 is 11.9 Å². The van der Waals surface area contributed by atoms with Crippen LogP contribution in [0.2, 0.25) is 0 Å². The summed E-state index contributed by atoms with van der Waals surface area (Å²) in [5.41, 5.74) is 0. The highest BCUT2D eigenvalue weighted by Crippen LogP contribution is 2.25. The number of likely N-dealkylation sites (tertiary alicyclic amines) is 1. The first-order chi connectivity index (χ1) is 10.7. The van der Waals surface area contributed by atoms with Crippen molar-refractivity contribution in [2.45, 2.75) is 36.8 Å². The van der Waals surface area contributed by atoms with Crippen molar-refractivity contribution in [2.75, 3.05) is 19.6 Å². The zero-order valence-electron chi connectivity index (χ0n) is 13.0. The van der Waals surface area contributed by atoms with Crippen LogP contribution in [0.3, 0.4) is 0 Å². The number of rotatable bonds is 6. The van der Waals surface area contributed by atoms with Crippen molar-refractivity contribution >= 4 is 22.7 Å². The fourth-order valence-corrected chi connectivity index (χ4v) is 3.97. The number of fused-ring (bicyclic) bond motifs is 1. The third-order valence-corrected chi connectivity index (χ3v) is 5.27. The maximum absolute atomic E-state index is 10.2. The van der Waals surface area contributed by atoms with Gasteiger partial charge in [0.1, 0.15) is 0 Å². The third-order valence-electron chi connectivity index (χ3n) is 4.39. The Morgan fingerprint density at radius 2 is 2.09 bits per heavy atom. The minimum atomic E-state index is -0.317. The summed E-state index contributed by atoms with van der Waals surface area (Å²) in [6, 6.07) is 15.3. The number of β-amino-alcohol motifs (C(OH)–C–C–N with tert-alkyl or cyclic N) is 1. The summed E-state index contributed by atoms with van der Waals surface area (Å²) in [6.45, 7) is 4.74. The molecule has 1 aliphatic rings. The molecule has 3 nitrogen and oxygen atoms in total. The predicted molar refractivity (Wildman–Crippen MR) is 94.1 cm³/mol. The van der Waals surface area contributed by atoms with Gasteiger partial charge in [-0.2, -0.15) is 0 Å². The molecule has 1 saturated heterocycles. The highest BCUT2D eigenvalue weighted by molar-refractivity contribution is 7.97. The van der Waals surface area contributed by atoms with Crippen molar-refractivity contribution < 1.29 is 5.11 Å². The first-order valence-corrected chi connectivity index (χ1v) is 8.85. The maximum Gasteiger partial charge on any atom is 0.0800 e. The molecule has 0 aromatic heterocycles. The number of aliphatic hydroxyl groups is 1. The monoisotopic (exact) mass is 316 g/mol. The van der Waals surface area contributed by atoms with E-state index in [1.807, 2.05) is 0 Å². The Labute approximate surface area is 136 Å². The molecule has 0 radical (unpaired) electrons. The highest BCUT2D eigenvalue weighted by Gasteiger charge is 2.22. The van der Waals surface area contributed by atoms with Crippen LogP contribution in [0, 0.1) is 0 Å². The molecular weight excluding hydrogens is 292 g/mol. The summed E-state index contributed by atoms with van der Waals surface area (Å²) in [6.07, 6.45) is 2.19. The van der Waals surface area contributed by atoms with Crippen molar-refractivity contribution in [1.29, 1.82) is 0 Å². The molecule has 0 aliphatic carbocycles. The van der Waals surface area contributed by atoms with Crippen molar-refractivity contribution in [2.24, 2.45) is 0 Å². The molecule has 1 fully saturated rings. The lowest BCUT2D eigenvalue weighted by atomic mass is 10.1. The molecule has 4 heteroatoms. The molecule has 3 rings (SSSR count). The molecule has 22 heavy (non-hydrogen) atoms. The van der Waals surface area contributed by atoms with E-state index in [-0.39, 0.29) is 6.10 Å². The minimum absolute atomic E-state index is 0.317. The van der Waals surface area contributed by atoms with Gasteiger partial charge >= 0.3 is 0 Å². The van der Waals surface area contributed by atoms with Crippen molar-refractivity contribution in [1.82, 2.24) is 9.62 Å². The Kier molecular flexibility index (Phi) is 5.37. The second kappa shape index (κ2) is 7.47. The third kappa shape index (κ3) is 3.82. The fourth-order valence-electron chi connectivity index (χ4n) is 3.10. The topological polar surface area (TPSA) is 35.5 Å². The molecule has 0 amide bonds. The Hall–Kier alpha value is -1.07. The van der Waals surface area contributed by atoms with Gasteiger partial charge in [-0.15, -0.1) is 0 Å². The van der Waals surface area contributed by atoms with Gasteiger partial charge < -0.3 is 5.11 Å². The molecule has 118 valence electrons. The Morgan fingerprint density at radius 1 is 1.27 bits per heavy atom. The molecule has 2 unspecified atom stereocenters. The van der Waals surface area contributed by atoms with E-state index in [4.69, 9.17) is 0 Å². The molecule has 2 aromatic rings.